The van der Waals surface area contributed by atoms with Gasteiger partial charge in [-0.2, -0.15) is 0 Å². The minimum Gasteiger partial charge on any atom is -0.349 e. The number of nitrogens with one attached hydrogen (secondary N) is 2. The van der Waals surface area contributed by atoms with Gasteiger partial charge in [-0.25, -0.2) is 4.98 Å². The molecule has 0 unspecified atom stereocenters. The first-order chi connectivity index (χ1) is 13.1. The van der Waals surface area contributed by atoms with E-state index >= 15 is 0 Å². The maximum absolute atomic E-state index is 12.7. The van der Waals surface area contributed by atoms with E-state index in [1.165, 1.54) is 0 Å². The molecule has 7 heteroatoms. The fourth-order valence-electron chi connectivity index (χ4n) is 2.69. The van der Waals surface area contributed by atoms with Crippen molar-refractivity contribution in [2.45, 2.75) is 26.3 Å². The summed E-state index contributed by atoms with van der Waals surface area (Å²) < 4.78 is 1.64. The first kappa shape index (κ1) is 18.9. The molecule has 0 atom stereocenters. The normalized spacial score (nSPS) is 10.7. The molecular weight excluding hydrogens is 364 g/mol. The van der Waals surface area contributed by atoms with Gasteiger partial charge in [0.05, 0.1) is 5.52 Å². The molecule has 0 aliphatic carbocycles. The number of pyridine rings is 1. The zero-order valence-corrected chi connectivity index (χ0v) is 15.8. The van der Waals surface area contributed by atoms with Gasteiger partial charge in [0, 0.05) is 24.3 Å². The van der Waals surface area contributed by atoms with E-state index in [2.05, 4.69) is 22.5 Å². The molecule has 0 bridgehead atoms. The molecule has 2 amide bonds. The Hall–Kier alpha value is -2.86. The summed E-state index contributed by atoms with van der Waals surface area (Å²) in [4.78, 5) is 29.4. The minimum absolute atomic E-state index is 0.207. The van der Waals surface area contributed by atoms with Crippen LogP contribution in [0.1, 0.15) is 46.4 Å². The number of rotatable bonds is 7. The Bertz CT molecular complexity index is 950. The molecule has 0 saturated heterocycles. The van der Waals surface area contributed by atoms with Gasteiger partial charge in [-0.1, -0.05) is 43.1 Å². The number of hydrogen-bond acceptors (Lipinski definition) is 3. The highest BCUT2D eigenvalue weighted by molar-refractivity contribution is 6.30. The highest BCUT2D eigenvalue weighted by atomic mass is 35.5. The van der Waals surface area contributed by atoms with E-state index in [1.54, 1.807) is 34.9 Å². The number of halogens is 1. The first-order valence-electron chi connectivity index (χ1n) is 8.88. The largest absolute Gasteiger partial charge is 0.349 e. The summed E-state index contributed by atoms with van der Waals surface area (Å²) in [7, 11) is 0. The maximum Gasteiger partial charge on any atom is 0.287 e. The second kappa shape index (κ2) is 8.68. The van der Waals surface area contributed by atoms with Crippen LogP contribution in [0.25, 0.3) is 5.52 Å². The van der Waals surface area contributed by atoms with Gasteiger partial charge in [-0.15, -0.1) is 0 Å². The highest BCUT2D eigenvalue weighted by Gasteiger charge is 2.21. The van der Waals surface area contributed by atoms with E-state index in [9.17, 15) is 9.59 Å². The van der Waals surface area contributed by atoms with Crippen LogP contribution in [0.3, 0.4) is 0 Å². The summed E-state index contributed by atoms with van der Waals surface area (Å²) in [6.45, 7) is 2.98. The third kappa shape index (κ3) is 4.46. The molecule has 3 aromatic rings. The van der Waals surface area contributed by atoms with E-state index in [0.717, 1.165) is 18.4 Å². The molecule has 0 spiro atoms. The lowest BCUT2D eigenvalue weighted by molar-refractivity contribution is 0.0942. The molecule has 0 fully saturated rings. The van der Waals surface area contributed by atoms with E-state index in [1.807, 2.05) is 18.2 Å². The van der Waals surface area contributed by atoms with Crippen LogP contribution in [-0.4, -0.2) is 27.7 Å². The van der Waals surface area contributed by atoms with Crippen LogP contribution in [0.15, 0.2) is 48.7 Å². The van der Waals surface area contributed by atoms with E-state index < -0.39 is 0 Å². The summed E-state index contributed by atoms with van der Waals surface area (Å²) in [5.74, 6) is -0.416. The van der Waals surface area contributed by atoms with Crippen molar-refractivity contribution in [1.82, 2.24) is 20.0 Å². The summed E-state index contributed by atoms with van der Waals surface area (Å²) >= 11 is 5.88. The van der Waals surface area contributed by atoms with E-state index in [0.29, 0.717) is 23.6 Å². The van der Waals surface area contributed by atoms with Crippen molar-refractivity contribution in [3.8, 4) is 0 Å². The van der Waals surface area contributed by atoms with Crippen LogP contribution in [0.2, 0.25) is 5.02 Å². The topological polar surface area (TPSA) is 75.5 Å². The number of hydrogen-bond donors (Lipinski definition) is 2. The molecule has 2 heterocycles. The van der Waals surface area contributed by atoms with Crippen molar-refractivity contribution in [2.24, 2.45) is 0 Å². The van der Waals surface area contributed by atoms with Gasteiger partial charge in [-0.3, -0.25) is 14.0 Å². The molecule has 27 heavy (non-hydrogen) atoms. The molecule has 0 aliphatic rings. The summed E-state index contributed by atoms with van der Waals surface area (Å²) in [6.07, 6.45) is 3.61. The average Bonchev–Trinajstić information content (AvgIpc) is 3.07. The molecule has 0 radical (unpaired) electrons. The number of benzene rings is 1. The maximum atomic E-state index is 12.7. The van der Waals surface area contributed by atoms with Gasteiger partial charge < -0.3 is 10.6 Å². The third-order valence-electron chi connectivity index (χ3n) is 4.15. The van der Waals surface area contributed by atoms with Gasteiger partial charge >= 0.3 is 0 Å². The number of carbonyl (C=O) groups excluding carboxylic acids is 2. The molecular formula is C20H21ClN4O2. The smallest absolute Gasteiger partial charge is 0.287 e. The van der Waals surface area contributed by atoms with Crippen LogP contribution in [-0.2, 0) is 6.54 Å². The molecule has 0 saturated carbocycles. The van der Waals surface area contributed by atoms with Crippen molar-refractivity contribution >= 4 is 28.9 Å². The van der Waals surface area contributed by atoms with Crippen LogP contribution in [0.4, 0.5) is 0 Å². The van der Waals surface area contributed by atoms with Crippen molar-refractivity contribution in [1.29, 1.82) is 0 Å². The number of fused-ring (bicyclic) bond motifs is 1. The van der Waals surface area contributed by atoms with Crippen molar-refractivity contribution in [3.05, 3.63) is 70.8 Å². The molecule has 3 rings (SSSR count). The monoisotopic (exact) mass is 384 g/mol. The highest BCUT2D eigenvalue weighted by Crippen LogP contribution is 2.14. The predicted octanol–water partition coefficient (Wildman–Crippen LogP) is 3.45. The standard InChI is InChI=1S/C20H21ClN4O2/c1-2-3-11-22-20(27)18-24-17(16-6-4-5-12-25(16)18)19(26)23-13-14-7-9-15(21)10-8-14/h4-10,12H,2-3,11,13H2,1H3,(H,22,27)(H,23,26). The Balaban J connectivity index is 1.80. The van der Waals surface area contributed by atoms with Crippen molar-refractivity contribution in [2.75, 3.05) is 6.54 Å². The lowest BCUT2D eigenvalue weighted by Gasteiger charge is -2.04. The Morgan fingerprint density at radius 3 is 2.59 bits per heavy atom. The molecule has 6 nitrogen and oxygen atoms in total. The Morgan fingerprint density at radius 2 is 1.85 bits per heavy atom. The Morgan fingerprint density at radius 1 is 1.07 bits per heavy atom. The molecule has 2 N–H and O–H groups in total. The summed E-state index contributed by atoms with van der Waals surface area (Å²) in [6, 6.07) is 12.6. The van der Waals surface area contributed by atoms with Gasteiger partial charge in [0.2, 0.25) is 5.82 Å². The zero-order valence-electron chi connectivity index (χ0n) is 15.0. The van der Waals surface area contributed by atoms with Gasteiger partial charge in [-0.05, 0) is 36.2 Å². The van der Waals surface area contributed by atoms with Crippen LogP contribution < -0.4 is 10.6 Å². The first-order valence-corrected chi connectivity index (χ1v) is 9.26. The second-order valence-corrected chi connectivity index (χ2v) is 6.59. The van der Waals surface area contributed by atoms with Gasteiger partial charge in [0.1, 0.15) is 0 Å². The number of amides is 2. The lowest BCUT2D eigenvalue weighted by Crippen LogP contribution is -2.27. The fourth-order valence-corrected chi connectivity index (χ4v) is 2.82. The average molecular weight is 385 g/mol. The Kier molecular flexibility index (Phi) is 6.08. The molecule has 1 aromatic carbocycles. The van der Waals surface area contributed by atoms with Crippen LogP contribution in [0, 0.1) is 0 Å². The number of aromatic nitrogens is 2. The van der Waals surface area contributed by atoms with E-state index in [-0.39, 0.29) is 23.3 Å². The number of unbranched alkanes of at least 4 members (excludes halogenated alkanes) is 1. The third-order valence-corrected chi connectivity index (χ3v) is 4.40. The minimum atomic E-state index is -0.332. The van der Waals surface area contributed by atoms with Crippen LogP contribution >= 0.6 is 11.6 Å². The summed E-state index contributed by atoms with van der Waals surface area (Å²) in [5.41, 5.74) is 1.74. The van der Waals surface area contributed by atoms with Crippen LogP contribution in [0.5, 0.6) is 0 Å². The number of imidazole rings is 1. The molecule has 0 aliphatic heterocycles. The number of carbonyl (C=O) groups is 2. The van der Waals surface area contributed by atoms with Gasteiger partial charge in [0.15, 0.2) is 5.69 Å². The molecule has 140 valence electrons. The Labute approximate surface area is 162 Å². The second-order valence-electron chi connectivity index (χ2n) is 6.16. The zero-order chi connectivity index (χ0) is 19.2. The fraction of sp³-hybridized carbons (Fsp3) is 0.250. The quantitative estimate of drug-likeness (QED) is 0.612. The predicted molar refractivity (Wildman–Crippen MR) is 105 cm³/mol. The lowest BCUT2D eigenvalue weighted by atomic mass is 10.2. The summed E-state index contributed by atoms with van der Waals surface area (Å²) in [5, 5.41) is 6.33. The van der Waals surface area contributed by atoms with Gasteiger partial charge in [0.25, 0.3) is 11.8 Å². The van der Waals surface area contributed by atoms with Crippen molar-refractivity contribution in [3.63, 3.8) is 0 Å². The number of nitrogens with zero attached hydrogens (tertiary/aromatic N) is 2. The SMILES string of the molecule is CCCCNC(=O)c1nc(C(=O)NCc2ccc(Cl)cc2)c2ccccn12. The molecule has 2 aromatic heterocycles. The van der Waals surface area contributed by atoms with Crippen molar-refractivity contribution < 1.29 is 9.59 Å². The van der Waals surface area contributed by atoms with E-state index in [4.69, 9.17) is 11.6 Å².